The molecular formula is C13H14Cl3NO4. The summed E-state index contributed by atoms with van der Waals surface area (Å²) in [6, 6.07) is 2.87. The third-order valence-electron chi connectivity index (χ3n) is 2.64. The molecule has 8 heteroatoms. The number of nitrogens with zero attached hydrogens (tertiary/aromatic N) is 1. The molecule has 0 heterocycles. The number of carbonyl (C=O) groups is 2. The first-order valence-electron chi connectivity index (χ1n) is 6.04. The smallest absolute Gasteiger partial charge is 0.303 e. The predicted molar refractivity (Wildman–Crippen MR) is 81.5 cm³/mol. The number of amides is 1. The molecule has 0 aromatic heterocycles. The van der Waals surface area contributed by atoms with Gasteiger partial charge in [-0.3, -0.25) is 9.59 Å². The molecule has 0 aliphatic rings. The molecule has 1 aromatic rings. The van der Waals surface area contributed by atoms with Crippen molar-refractivity contribution in [1.82, 2.24) is 4.90 Å². The maximum absolute atomic E-state index is 11.8. The molecule has 0 spiro atoms. The molecule has 21 heavy (non-hydrogen) atoms. The number of benzene rings is 1. The minimum Gasteiger partial charge on any atom is -0.482 e. The fourth-order valence-electron chi connectivity index (χ4n) is 1.46. The monoisotopic (exact) mass is 353 g/mol. The largest absolute Gasteiger partial charge is 0.482 e. The van der Waals surface area contributed by atoms with E-state index in [0.717, 1.165) is 0 Å². The molecule has 0 aliphatic heterocycles. The number of aliphatic carboxylic acids is 1. The van der Waals surface area contributed by atoms with E-state index >= 15 is 0 Å². The Kier molecular flexibility index (Phi) is 7.08. The molecular weight excluding hydrogens is 341 g/mol. The third kappa shape index (κ3) is 5.99. The zero-order valence-electron chi connectivity index (χ0n) is 11.2. The second-order valence-electron chi connectivity index (χ2n) is 4.30. The van der Waals surface area contributed by atoms with Crippen molar-refractivity contribution in [3.63, 3.8) is 0 Å². The van der Waals surface area contributed by atoms with Crippen LogP contribution in [0.4, 0.5) is 0 Å². The molecule has 5 nitrogen and oxygen atoms in total. The molecule has 1 N–H and O–H groups in total. The first kappa shape index (κ1) is 17.9. The van der Waals surface area contributed by atoms with Crippen molar-refractivity contribution in [1.29, 1.82) is 0 Å². The van der Waals surface area contributed by atoms with E-state index < -0.39 is 5.97 Å². The van der Waals surface area contributed by atoms with Gasteiger partial charge in [0.2, 0.25) is 0 Å². The predicted octanol–water partition coefficient (Wildman–Crippen LogP) is 3.35. The summed E-state index contributed by atoms with van der Waals surface area (Å²) < 4.78 is 5.30. The van der Waals surface area contributed by atoms with Gasteiger partial charge in [0.05, 0.1) is 15.1 Å². The van der Waals surface area contributed by atoms with E-state index in [2.05, 4.69) is 0 Å². The molecule has 0 saturated heterocycles. The van der Waals surface area contributed by atoms with E-state index in [0.29, 0.717) is 18.0 Å². The van der Waals surface area contributed by atoms with Crippen LogP contribution >= 0.6 is 34.8 Å². The van der Waals surface area contributed by atoms with Gasteiger partial charge in [-0.15, -0.1) is 0 Å². The summed E-state index contributed by atoms with van der Waals surface area (Å²) in [5, 5.41) is 9.36. The normalized spacial score (nSPS) is 10.3. The van der Waals surface area contributed by atoms with Gasteiger partial charge in [-0.25, -0.2) is 0 Å². The number of halogens is 3. The molecule has 1 amide bonds. The van der Waals surface area contributed by atoms with Gasteiger partial charge >= 0.3 is 5.97 Å². The number of hydrogen-bond acceptors (Lipinski definition) is 3. The van der Waals surface area contributed by atoms with E-state index in [4.69, 9.17) is 44.6 Å². The van der Waals surface area contributed by atoms with Gasteiger partial charge in [-0.1, -0.05) is 34.8 Å². The fraction of sp³-hybridized carbons (Fsp3) is 0.385. The van der Waals surface area contributed by atoms with E-state index in [1.54, 1.807) is 7.05 Å². The summed E-state index contributed by atoms with van der Waals surface area (Å²) in [4.78, 5) is 23.6. The van der Waals surface area contributed by atoms with E-state index in [1.165, 1.54) is 17.0 Å². The highest BCUT2D eigenvalue weighted by atomic mass is 35.5. The summed E-state index contributed by atoms with van der Waals surface area (Å²) in [7, 11) is 1.57. The van der Waals surface area contributed by atoms with Gasteiger partial charge in [0.25, 0.3) is 5.91 Å². The van der Waals surface area contributed by atoms with Crippen LogP contribution in [-0.4, -0.2) is 42.1 Å². The molecule has 0 saturated carbocycles. The van der Waals surface area contributed by atoms with Crippen LogP contribution in [0.5, 0.6) is 5.75 Å². The maximum atomic E-state index is 11.8. The second kappa shape index (κ2) is 8.32. The average Bonchev–Trinajstić information content (AvgIpc) is 2.40. The summed E-state index contributed by atoms with van der Waals surface area (Å²) in [6.07, 6.45) is 0.391. The molecule has 0 aliphatic carbocycles. The lowest BCUT2D eigenvalue weighted by Crippen LogP contribution is -2.32. The minimum atomic E-state index is -0.894. The molecule has 1 aromatic carbocycles. The van der Waals surface area contributed by atoms with E-state index in [9.17, 15) is 9.59 Å². The molecule has 1 rings (SSSR count). The number of hydrogen-bond donors (Lipinski definition) is 1. The minimum absolute atomic E-state index is 0.0110. The van der Waals surface area contributed by atoms with Gasteiger partial charge < -0.3 is 14.7 Å². The number of likely N-dealkylation sites (N-methyl/N-ethyl adjacent to an activating group) is 1. The number of carbonyl (C=O) groups excluding carboxylic acids is 1. The Morgan fingerprint density at radius 2 is 1.81 bits per heavy atom. The topological polar surface area (TPSA) is 66.8 Å². The SMILES string of the molecule is CN(CCCC(=O)O)C(=O)COc1cc(Cl)c(Cl)cc1Cl. The highest BCUT2D eigenvalue weighted by molar-refractivity contribution is 6.43. The van der Waals surface area contributed by atoms with E-state index in [-0.39, 0.29) is 34.7 Å². The van der Waals surface area contributed by atoms with Crippen molar-refractivity contribution in [2.24, 2.45) is 0 Å². The van der Waals surface area contributed by atoms with Crippen molar-refractivity contribution < 1.29 is 19.4 Å². The molecule has 0 fully saturated rings. The van der Waals surface area contributed by atoms with Crippen molar-refractivity contribution in [2.45, 2.75) is 12.8 Å². The van der Waals surface area contributed by atoms with Gasteiger partial charge in [0.1, 0.15) is 5.75 Å². The van der Waals surface area contributed by atoms with Crippen LogP contribution < -0.4 is 4.74 Å². The van der Waals surface area contributed by atoms with Crippen LogP contribution in [0.15, 0.2) is 12.1 Å². The molecule has 0 radical (unpaired) electrons. The number of ether oxygens (including phenoxy) is 1. The molecule has 0 atom stereocenters. The van der Waals surface area contributed by atoms with Gasteiger partial charge in [-0.05, 0) is 12.5 Å². The number of carboxylic acids is 1. The lowest BCUT2D eigenvalue weighted by atomic mass is 10.3. The number of rotatable bonds is 7. The zero-order chi connectivity index (χ0) is 16.0. The van der Waals surface area contributed by atoms with Crippen molar-refractivity contribution in [2.75, 3.05) is 20.2 Å². The second-order valence-corrected chi connectivity index (χ2v) is 5.52. The Hall–Kier alpha value is -1.17. The van der Waals surface area contributed by atoms with Crippen LogP contribution in [0.25, 0.3) is 0 Å². The highest BCUT2D eigenvalue weighted by Crippen LogP contribution is 2.33. The van der Waals surface area contributed by atoms with Crippen molar-refractivity contribution in [3.05, 3.63) is 27.2 Å². The maximum Gasteiger partial charge on any atom is 0.303 e. The third-order valence-corrected chi connectivity index (χ3v) is 3.65. The summed E-state index contributed by atoms with van der Waals surface area (Å²) in [5.74, 6) is -0.921. The molecule has 0 unspecified atom stereocenters. The zero-order valence-corrected chi connectivity index (χ0v) is 13.5. The Labute approximate surface area is 137 Å². The van der Waals surface area contributed by atoms with Crippen molar-refractivity contribution in [3.8, 4) is 5.75 Å². The Morgan fingerprint density at radius 3 is 2.43 bits per heavy atom. The molecule has 116 valence electrons. The average molecular weight is 355 g/mol. The standard InChI is InChI=1S/C13H14Cl3NO4/c1-17(4-2-3-13(19)20)12(18)7-21-11-6-9(15)8(14)5-10(11)16/h5-6H,2-4,7H2,1H3,(H,19,20). The Morgan fingerprint density at radius 1 is 1.19 bits per heavy atom. The van der Waals surface area contributed by atoms with Crippen LogP contribution in [0, 0.1) is 0 Å². The van der Waals surface area contributed by atoms with Crippen molar-refractivity contribution >= 4 is 46.7 Å². The van der Waals surface area contributed by atoms with Crippen LogP contribution in [0.3, 0.4) is 0 Å². The summed E-state index contributed by atoms with van der Waals surface area (Å²) >= 11 is 17.6. The van der Waals surface area contributed by atoms with Gasteiger partial charge in [-0.2, -0.15) is 0 Å². The van der Waals surface area contributed by atoms with Gasteiger partial charge in [0, 0.05) is 26.1 Å². The van der Waals surface area contributed by atoms with E-state index in [1.807, 2.05) is 0 Å². The Balaban J connectivity index is 2.49. The van der Waals surface area contributed by atoms with Crippen LogP contribution in [-0.2, 0) is 9.59 Å². The lowest BCUT2D eigenvalue weighted by Gasteiger charge is -2.17. The first-order chi connectivity index (χ1) is 9.81. The highest BCUT2D eigenvalue weighted by Gasteiger charge is 2.12. The fourth-order valence-corrected chi connectivity index (χ4v) is 2.05. The first-order valence-corrected chi connectivity index (χ1v) is 7.17. The van der Waals surface area contributed by atoms with Crippen LogP contribution in [0.2, 0.25) is 15.1 Å². The molecule has 0 bridgehead atoms. The Bertz CT molecular complexity index is 536. The quantitative estimate of drug-likeness (QED) is 0.763. The lowest BCUT2D eigenvalue weighted by molar-refractivity contribution is -0.138. The number of carboxylic acid groups (broad SMARTS) is 1. The summed E-state index contributed by atoms with van der Waals surface area (Å²) in [6.45, 7) is 0.116. The summed E-state index contributed by atoms with van der Waals surface area (Å²) in [5.41, 5.74) is 0. The van der Waals surface area contributed by atoms with Crippen LogP contribution in [0.1, 0.15) is 12.8 Å². The van der Waals surface area contributed by atoms with Gasteiger partial charge in [0.15, 0.2) is 6.61 Å².